The van der Waals surface area contributed by atoms with Gasteiger partial charge in [-0.1, -0.05) is 0 Å². The summed E-state index contributed by atoms with van der Waals surface area (Å²) in [6, 6.07) is 4.91. The van der Waals surface area contributed by atoms with E-state index in [1.807, 2.05) is 6.20 Å². The average Bonchev–Trinajstić information content (AvgIpc) is 3.13. The van der Waals surface area contributed by atoms with Gasteiger partial charge in [0.05, 0.1) is 5.69 Å². The van der Waals surface area contributed by atoms with Crippen molar-refractivity contribution in [2.45, 2.75) is 31.7 Å². The second-order valence-corrected chi connectivity index (χ2v) is 6.46. The van der Waals surface area contributed by atoms with Gasteiger partial charge in [0.2, 0.25) is 0 Å². The van der Waals surface area contributed by atoms with E-state index >= 15 is 0 Å². The maximum Gasteiger partial charge on any atom is 0.151 e. The van der Waals surface area contributed by atoms with Crippen LogP contribution in [-0.2, 0) is 0 Å². The van der Waals surface area contributed by atoms with Crippen LogP contribution < -0.4 is 10.2 Å². The van der Waals surface area contributed by atoms with Gasteiger partial charge in [0, 0.05) is 38.4 Å². The normalized spacial score (nSPS) is 32.6. The summed E-state index contributed by atoms with van der Waals surface area (Å²) in [6.45, 7) is 6.17. The first kappa shape index (κ1) is 12.5. The third kappa shape index (κ3) is 2.26. The zero-order valence-corrected chi connectivity index (χ0v) is 12.1. The predicted molar refractivity (Wildman–Crippen MR) is 82.3 cm³/mol. The van der Waals surface area contributed by atoms with E-state index in [4.69, 9.17) is 0 Å². The largest absolute Gasteiger partial charge is 0.379 e. The van der Waals surface area contributed by atoms with Crippen molar-refractivity contribution in [2.24, 2.45) is 5.92 Å². The van der Waals surface area contributed by atoms with Crippen LogP contribution in [0.4, 0.5) is 11.5 Å². The monoisotopic (exact) mass is 272 g/mol. The fraction of sp³-hybridized carbons (Fsp3) is 0.688. The first-order chi connectivity index (χ1) is 9.90. The van der Waals surface area contributed by atoms with Gasteiger partial charge in [0.25, 0.3) is 0 Å². The molecule has 1 N–H and O–H groups in total. The topological polar surface area (TPSA) is 31.4 Å². The van der Waals surface area contributed by atoms with Gasteiger partial charge in [0.15, 0.2) is 5.82 Å². The molecule has 3 aliphatic heterocycles. The first-order valence-electron chi connectivity index (χ1n) is 8.09. The Kier molecular flexibility index (Phi) is 3.26. The molecule has 3 aliphatic rings. The highest BCUT2D eigenvalue weighted by Gasteiger charge is 2.34. The van der Waals surface area contributed by atoms with Crippen molar-refractivity contribution < 1.29 is 0 Å². The second-order valence-electron chi connectivity index (χ2n) is 6.46. The summed E-state index contributed by atoms with van der Waals surface area (Å²) in [7, 11) is 0. The molecule has 1 aromatic heterocycles. The number of nitrogens with zero attached hydrogens (tertiary/aromatic N) is 3. The Morgan fingerprint density at radius 3 is 2.85 bits per heavy atom. The van der Waals surface area contributed by atoms with Crippen molar-refractivity contribution in [3.63, 3.8) is 0 Å². The molecule has 0 aliphatic carbocycles. The van der Waals surface area contributed by atoms with Gasteiger partial charge in [-0.3, -0.25) is 0 Å². The molecule has 3 unspecified atom stereocenters. The molecule has 0 aromatic carbocycles. The van der Waals surface area contributed by atoms with Crippen LogP contribution in [-0.4, -0.2) is 48.6 Å². The predicted octanol–water partition coefficient (Wildman–Crippen LogP) is 2.19. The lowest BCUT2D eigenvalue weighted by Gasteiger charge is -2.32. The van der Waals surface area contributed by atoms with Crippen molar-refractivity contribution >= 4 is 11.5 Å². The van der Waals surface area contributed by atoms with Gasteiger partial charge in [-0.15, -0.1) is 0 Å². The molecule has 0 spiro atoms. The molecular weight excluding hydrogens is 248 g/mol. The lowest BCUT2D eigenvalue weighted by Crippen LogP contribution is -2.40. The summed E-state index contributed by atoms with van der Waals surface area (Å²) in [5.74, 6) is 2.00. The van der Waals surface area contributed by atoms with Gasteiger partial charge in [-0.2, -0.15) is 0 Å². The van der Waals surface area contributed by atoms with Crippen molar-refractivity contribution in [1.29, 1.82) is 0 Å². The number of hydrogen-bond acceptors (Lipinski definition) is 4. The number of nitrogens with one attached hydrogen (secondary N) is 1. The van der Waals surface area contributed by atoms with Gasteiger partial charge >= 0.3 is 0 Å². The van der Waals surface area contributed by atoms with Crippen LogP contribution in [0.1, 0.15) is 25.7 Å². The van der Waals surface area contributed by atoms with E-state index in [1.165, 1.54) is 56.8 Å². The number of aromatic nitrogens is 1. The number of hydrogen-bond donors (Lipinski definition) is 1. The maximum absolute atomic E-state index is 4.64. The van der Waals surface area contributed by atoms with Crippen molar-refractivity contribution in [1.82, 2.24) is 9.88 Å². The molecule has 2 bridgehead atoms. The summed E-state index contributed by atoms with van der Waals surface area (Å²) in [4.78, 5) is 9.68. The molecular formula is C16H24N4. The van der Waals surface area contributed by atoms with Crippen LogP contribution in [0.2, 0.25) is 0 Å². The fourth-order valence-corrected chi connectivity index (χ4v) is 4.03. The van der Waals surface area contributed by atoms with Crippen molar-refractivity contribution in [3.05, 3.63) is 18.3 Å². The van der Waals surface area contributed by atoms with E-state index in [1.54, 1.807) is 0 Å². The minimum atomic E-state index is 0.638. The molecule has 20 heavy (non-hydrogen) atoms. The van der Waals surface area contributed by atoms with Gasteiger partial charge in [-0.05, 0) is 50.3 Å². The number of pyridine rings is 1. The van der Waals surface area contributed by atoms with Gasteiger partial charge < -0.3 is 15.1 Å². The van der Waals surface area contributed by atoms with Crippen molar-refractivity contribution in [3.8, 4) is 0 Å². The molecule has 108 valence electrons. The van der Waals surface area contributed by atoms with Crippen LogP contribution in [0.15, 0.2) is 18.3 Å². The van der Waals surface area contributed by atoms with Gasteiger partial charge in [0.1, 0.15) is 0 Å². The third-order valence-electron chi connectivity index (χ3n) is 5.17. The van der Waals surface area contributed by atoms with Crippen LogP contribution in [0, 0.1) is 5.92 Å². The highest BCUT2D eigenvalue weighted by Crippen LogP contribution is 2.32. The van der Waals surface area contributed by atoms with Crippen LogP contribution in [0.3, 0.4) is 0 Å². The Morgan fingerprint density at radius 2 is 1.95 bits per heavy atom. The van der Waals surface area contributed by atoms with E-state index in [-0.39, 0.29) is 0 Å². The molecule has 0 saturated carbocycles. The first-order valence-corrected chi connectivity index (χ1v) is 8.09. The molecule has 0 radical (unpaired) electrons. The minimum absolute atomic E-state index is 0.638. The molecule has 4 nitrogen and oxygen atoms in total. The number of anilines is 2. The fourth-order valence-electron chi connectivity index (χ4n) is 4.03. The summed E-state index contributed by atoms with van der Waals surface area (Å²) >= 11 is 0. The molecule has 4 rings (SSSR count). The maximum atomic E-state index is 4.64. The summed E-state index contributed by atoms with van der Waals surface area (Å²) < 4.78 is 0. The lowest BCUT2D eigenvalue weighted by atomic mass is 9.94. The SMILES string of the molecule is c1cnc(N2CCCC2)c(NC2CCN3CCC2C3)c1. The number of fused-ring (bicyclic) bond motifs is 2. The second kappa shape index (κ2) is 5.24. The van der Waals surface area contributed by atoms with Crippen LogP contribution in [0.5, 0.6) is 0 Å². The zero-order chi connectivity index (χ0) is 13.4. The molecule has 4 heteroatoms. The molecule has 0 amide bonds. The Hall–Kier alpha value is -1.29. The minimum Gasteiger partial charge on any atom is -0.379 e. The zero-order valence-electron chi connectivity index (χ0n) is 12.1. The van der Waals surface area contributed by atoms with E-state index in [2.05, 4.69) is 32.2 Å². The average molecular weight is 272 g/mol. The quantitative estimate of drug-likeness (QED) is 0.914. The molecule has 1 aromatic rings. The van der Waals surface area contributed by atoms with E-state index in [9.17, 15) is 0 Å². The highest BCUT2D eigenvalue weighted by molar-refractivity contribution is 5.66. The summed E-state index contributed by atoms with van der Waals surface area (Å²) in [5, 5.41) is 3.82. The molecule has 4 heterocycles. The number of piperidine rings is 1. The Labute approximate surface area is 121 Å². The van der Waals surface area contributed by atoms with E-state index in [0.29, 0.717) is 6.04 Å². The van der Waals surface area contributed by atoms with Crippen LogP contribution >= 0.6 is 0 Å². The van der Waals surface area contributed by atoms with E-state index in [0.717, 1.165) is 19.0 Å². The van der Waals surface area contributed by atoms with Crippen LogP contribution in [0.25, 0.3) is 0 Å². The third-order valence-corrected chi connectivity index (χ3v) is 5.17. The molecule has 3 saturated heterocycles. The van der Waals surface area contributed by atoms with Crippen molar-refractivity contribution in [2.75, 3.05) is 42.9 Å². The van der Waals surface area contributed by atoms with Gasteiger partial charge in [-0.25, -0.2) is 4.98 Å². The Morgan fingerprint density at radius 1 is 1.10 bits per heavy atom. The summed E-state index contributed by atoms with van der Waals surface area (Å²) in [6.07, 6.45) is 7.17. The molecule has 3 atom stereocenters. The lowest BCUT2D eigenvalue weighted by molar-refractivity contribution is 0.255. The number of rotatable bonds is 3. The standard InChI is InChI=1S/C16H24N4/c1-2-9-20(8-1)16-15(4-3-7-17-16)18-14-6-11-19-10-5-13(14)12-19/h3-4,7,13-14,18H,1-2,5-6,8-12H2. The summed E-state index contributed by atoms with van der Waals surface area (Å²) in [5.41, 5.74) is 1.25. The highest BCUT2D eigenvalue weighted by atomic mass is 15.2. The Bertz CT molecular complexity index is 469. The molecule has 3 fully saturated rings. The Balaban J connectivity index is 1.53. The smallest absolute Gasteiger partial charge is 0.151 e. The van der Waals surface area contributed by atoms with E-state index < -0.39 is 0 Å².